The molecule has 1 aromatic carbocycles. The Morgan fingerprint density at radius 2 is 1.87 bits per heavy atom. The van der Waals surface area contributed by atoms with Crippen LogP contribution in [-0.2, 0) is 11.3 Å². The maximum absolute atomic E-state index is 5.99. The molecular formula is C18H32N4O. The zero-order chi connectivity index (χ0) is 16.9. The lowest BCUT2D eigenvalue weighted by atomic mass is 10.2. The minimum atomic E-state index is 0.464. The van der Waals surface area contributed by atoms with E-state index in [9.17, 15) is 0 Å². The van der Waals surface area contributed by atoms with Gasteiger partial charge in [-0.05, 0) is 45.0 Å². The van der Waals surface area contributed by atoms with E-state index in [-0.39, 0.29) is 0 Å². The van der Waals surface area contributed by atoms with E-state index in [1.54, 1.807) is 7.11 Å². The molecule has 1 rings (SSSR count). The van der Waals surface area contributed by atoms with Gasteiger partial charge in [-0.25, -0.2) is 0 Å². The van der Waals surface area contributed by atoms with Crippen molar-refractivity contribution in [3.8, 4) is 0 Å². The van der Waals surface area contributed by atoms with Crippen molar-refractivity contribution in [3.05, 3.63) is 29.8 Å². The number of para-hydroxylation sites is 1. The molecular weight excluding hydrogens is 288 g/mol. The summed E-state index contributed by atoms with van der Waals surface area (Å²) in [7, 11) is 1.69. The number of nitrogens with one attached hydrogen (secondary N) is 1. The summed E-state index contributed by atoms with van der Waals surface area (Å²) in [6.45, 7) is 9.15. The number of hydrogen-bond acceptors (Lipinski definition) is 3. The molecule has 0 aliphatic rings. The summed E-state index contributed by atoms with van der Waals surface area (Å²) >= 11 is 0. The van der Waals surface area contributed by atoms with Gasteiger partial charge in [0.2, 0.25) is 0 Å². The summed E-state index contributed by atoms with van der Waals surface area (Å²) in [5.74, 6) is 0.464. The predicted octanol–water partition coefficient (Wildman–Crippen LogP) is 3.07. The van der Waals surface area contributed by atoms with E-state index >= 15 is 0 Å². The van der Waals surface area contributed by atoms with E-state index in [1.165, 1.54) is 12.8 Å². The molecule has 0 radical (unpaired) electrons. The van der Waals surface area contributed by atoms with Crippen LogP contribution in [0.4, 0.5) is 5.69 Å². The molecule has 0 amide bonds. The van der Waals surface area contributed by atoms with E-state index < -0.39 is 0 Å². The Labute approximate surface area is 140 Å². The predicted molar refractivity (Wildman–Crippen MR) is 98.9 cm³/mol. The molecule has 0 spiro atoms. The Morgan fingerprint density at radius 3 is 2.52 bits per heavy atom. The molecule has 0 aliphatic carbocycles. The fraction of sp³-hybridized carbons (Fsp3) is 0.611. The molecule has 0 bridgehead atoms. The van der Waals surface area contributed by atoms with Crippen molar-refractivity contribution in [2.75, 3.05) is 38.6 Å². The number of ether oxygens (including phenoxy) is 1. The monoisotopic (exact) mass is 320 g/mol. The van der Waals surface area contributed by atoms with Gasteiger partial charge in [0.05, 0.1) is 6.61 Å². The molecule has 0 heterocycles. The van der Waals surface area contributed by atoms with Crippen molar-refractivity contribution in [1.82, 2.24) is 4.90 Å². The number of aliphatic imine (C=N–C) groups is 1. The third-order valence-electron chi connectivity index (χ3n) is 3.57. The SMILES string of the molecule is CCCN(CCC)CCCN=C(N)Nc1ccccc1COC. The van der Waals surface area contributed by atoms with E-state index in [2.05, 4.69) is 29.1 Å². The second kappa shape index (κ2) is 11.9. The van der Waals surface area contributed by atoms with Crippen LogP contribution in [-0.4, -0.2) is 44.1 Å². The standard InChI is InChI=1S/C18H32N4O/c1-4-12-22(13-5-2)14-8-11-20-18(19)21-17-10-7-6-9-16(17)15-23-3/h6-7,9-10H,4-5,8,11-15H2,1-3H3,(H3,19,20,21). The maximum Gasteiger partial charge on any atom is 0.193 e. The van der Waals surface area contributed by atoms with Crippen molar-refractivity contribution < 1.29 is 4.74 Å². The maximum atomic E-state index is 5.99. The van der Waals surface area contributed by atoms with E-state index in [0.29, 0.717) is 12.6 Å². The number of nitrogens with two attached hydrogens (primary N) is 1. The van der Waals surface area contributed by atoms with Crippen LogP contribution >= 0.6 is 0 Å². The number of nitrogens with zero attached hydrogens (tertiary/aromatic N) is 2. The molecule has 0 aliphatic heterocycles. The lowest BCUT2D eigenvalue weighted by Crippen LogP contribution is -2.28. The number of guanidine groups is 1. The van der Waals surface area contributed by atoms with Crippen LogP contribution < -0.4 is 11.1 Å². The summed E-state index contributed by atoms with van der Waals surface area (Å²) in [6.07, 6.45) is 3.43. The Bertz CT molecular complexity index is 456. The highest BCUT2D eigenvalue weighted by Crippen LogP contribution is 2.15. The Kier molecular flexibility index (Phi) is 10.1. The first-order valence-electron chi connectivity index (χ1n) is 8.57. The largest absolute Gasteiger partial charge is 0.380 e. The van der Waals surface area contributed by atoms with Gasteiger partial charge in [-0.3, -0.25) is 4.99 Å². The van der Waals surface area contributed by atoms with Gasteiger partial charge in [0, 0.05) is 24.9 Å². The third kappa shape index (κ3) is 8.00. The van der Waals surface area contributed by atoms with Crippen LogP contribution in [0.25, 0.3) is 0 Å². The van der Waals surface area contributed by atoms with Gasteiger partial charge in [-0.15, -0.1) is 0 Å². The normalized spacial score (nSPS) is 11.9. The first-order chi connectivity index (χ1) is 11.2. The highest BCUT2D eigenvalue weighted by molar-refractivity contribution is 5.92. The highest BCUT2D eigenvalue weighted by atomic mass is 16.5. The molecule has 5 nitrogen and oxygen atoms in total. The summed E-state index contributed by atoms with van der Waals surface area (Å²) in [4.78, 5) is 6.92. The zero-order valence-electron chi connectivity index (χ0n) is 14.8. The van der Waals surface area contributed by atoms with Gasteiger partial charge in [-0.2, -0.15) is 0 Å². The Balaban J connectivity index is 2.42. The van der Waals surface area contributed by atoms with E-state index in [1.807, 2.05) is 24.3 Å². The molecule has 0 fully saturated rings. The first-order valence-corrected chi connectivity index (χ1v) is 8.57. The van der Waals surface area contributed by atoms with Crippen molar-refractivity contribution in [2.24, 2.45) is 10.7 Å². The summed E-state index contributed by atoms with van der Waals surface area (Å²) in [5.41, 5.74) is 8.02. The van der Waals surface area contributed by atoms with Gasteiger partial charge >= 0.3 is 0 Å². The number of methoxy groups -OCH3 is 1. The number of hydrogen-bond donors (Lipinski definition) is 2. The number of anilines is 1. The van der Waals surface area contributed by atoms with Gasteiger partial charge in [0.15, 0.2) is 5.96 Å². The molecule has 3 N–H and O–H groups in total. The topological polar surface area (TPSA) is 62.9 Å². The summed E-state index contributed by atoms with van der Waals surface area (Å²) in [6, 6.07) is 7.97. The molecule has 1 aromatic rings. The Hall–Kier alpha value is -1.59. The molecule has 23 heavy (non-hydrogen) atoms. The minimum absolute atomic E-state index is 0.464. The minimum Gasteiger partial charge on any atom is -0.380 e. The van der Waals surface area contributed by atoms with Crippen LogP contribution in [0.5, 0.6) is 0 Å². The molecule has 0 saturated heterocycles. The van der Waals surface area contributed by atoms with Gasteiger partial charge in [0.25, 0.3) is 0 Å². The lowest BCUT2D eigenvalue weighted by molar-refractivity contribution is 0.185. The molecule has 0 saturated carbocycles. The second-order valence-electron chi connectivity index (χ2n) is 5.68. The van der Waals surface area contributed by atoms with Crippen molar-refractivity contribution in [3.63, 3.8) is 0 Å². The summed E-state index contributed by atoms with van der Waals surface area (Å²) in [5, 5.41) is 3.17. The molecule has 0 atom stereocenters. The second-order valence-corrected chi connectivity index (χ2v) is 5.68. The van der Waals surface area contributed by atoms with Gasteiger partial charge in [-0.1, -0.05) is 32.0 Å². The average Bonchev–Trinajstić information content (AvgIpc) is 2.54. The number of benzene rings is 1. The fourth-order valence-electron chi connectivity index (χ4n) is 2.56. The smallest absolute Gasteiger partial charge is 0.193 e. The number of rotatable bonds is 11. The molecule has 5 heteroatoms. The van der Waals surface area contributed by atoms with E-state index in [4.69, 9.17) is 10.5 Å². The fourth-order valence-corrected chi connectivity index (χ4v) is 2.56. The molecule has 0 unspecified atom stereocenters. The summed E-state index contributed by atoms with van der Waals surface area (Å²) < 4.78 is 5.19. The highest BCUT2D eigenvalue weighted by Gasteiger charge is 2.03. The van der Waals surface area contributed by atoms with Crippen LogP contribution in [0.1, 0.15) is 38.7 Å². The molecule has 130 valence electrons. The molecule has 0 aromatic heterocycles. The van der Waals surface area contributed by atoms with Crippen molar-refractivity contribution in [2.45, 2.75) is 39.7 Å². The van der Waals surface area contributed by atoms with Crippen LogP contribution in [0.2, 0.25) is 0 Å². The zero-order valence-corrected chi connectivity index (χ0v) is 14.8. The van der Waals surface area contributed by atoms with Crippen LogP contribution in [0.15, 0.2) is 29.3 Å². The van der Waals surface area contributed by atoms with Gasteiger partial charge in [0.1, 0.15) is 0 Å². The van der Waals surface area contributed by atoms with Crippen LogP contribution in [0, 0.1) is 0 Å². The average molecular weight is 320 g/mol. The quantitative estimate of drug-likeness (QED) is 0.374. The van der Waals surface area contributed by atoms with E-state index in [0.717, 1.165) is 43.9 Å². The van der Waals surface area contributed by atoms with Crippen molar-refractivity contribution in [1.29, 1.82) is 0 Å². The first kappa shape index (κ1) is 19.5. The Morgan fingerprint density at radius 1 is 1.17 bits per heavy atom. The lowest BCUT2D eigenvalue weighted by Gasteiger charge is -2.20. The third-order valence-corrected chi connectivity index (χ3v) is 3.57. The van der Waals surface area contributed by atoms with Gasteiger partial charge < -0.3 is 20.7 Å². The van der Waals surface area contributed by atoms with Crippen LogP contribution in [0.3, 0.4) is 0 Å². The van der Waals surface area contributed by atoms with Crippen molar-refractivity contribution >= 4 is 11.6 Å².